The third kappa shape index (κ3) is 8.86. The van der Waals surface area contributed by atoms with Crippen molar-refractivity contribution < 1.29 is 19.4 Å². The Morgan fingerprint density at radius 1 is 0.885 bits per heavy atom. The highest BCUT2D eigenvalue weighted by molar-refractivity contribution is 6.19. The van der Waals surface area contributed by atoms with E-state index in [9.17, 15) is 14.7 Å². The Kier molecular flexibility index (Phi) is 12.1. The van der Waals surface area contributed by atoms with Crippen LogP contribution in [-0.4, -0.2) is 23.0 Å². The van der Waals surface area contributed by atoms with Crippen LogP contribution < -0.4 is 0 Å². The summed E-state index contributed by atoms with van der Waals surface area (Å²) < 4.78 is 5.26. The molecule has 26 heavy (non-hydrogen) atoms. The molecule has 0 spiro atoms. The zero-order valence-electron chi connectivity index (χ0n) is 16.9. The van der Waals surface area contributed by atoms with Gasteiger partial charge in [0.2, 0.25) is 0 Å². The van der Waals surface area contributed by atoms with Crippen LogP contribution in [0.3, 0.4) is 0 Å². The summed E-state index contributed by atoms with van der Waals surface area (Å²) in [4.78, 5) is 24.1. The molecule has 1 fully saturated rings. The van der Waals surface area contributed by atoms with E-state index in [1.54, 1.807) is 0 Å². The van der Waals surface area contributed by atoms with Gasteiger partial charge in [-0.05, 0) is 12.8 Å². The zero-order chi connectivity index (χ0) is 19.2. The van der Waals surface area contributed by atoms with Gasteiger partial charge in [-0.2, -0.15) is 0 Å². The highest BCUT2D eigenvalue weighted by atomic mass is 16.5. The second-order valence-electron chi connectivity index (χ2n) is 7.55. The fraction of sp³-hybridized carbons (Fsp3) is 0.818. The van der Waals surface area contributed by atoms with E-state index < -0.39 is 5.97 Å². The highest BCUT2D eigenvalue weighted by Crippen LogP contribution is 2.24. The molecule has 1 atom stereocenters. The van der Waals surface area contributed by atoms with Crippen molar-refractivity contribution in [1.82, 2.24) is 0 Å². The number of aliphatic hydroxyl groups excluding tert-OH is 1. The number of hydrogen-bond acceptors (Lipinski definition) is 4. The van der Waals surface area contributed by atoms with Crippen LogP contribution in [0.5, 0.6) is 0 Å². The average Bonchev–Trinajstić information content (AvgIpc) is 2.59. The lowest BCUT2D eigenvalue weighted by atomic mass is 9.96. The Balaban J connectivity index is 2.15. The van der Waals surface area contributed by atoms with E-state index in [-0.39, 0.29) is 29.6 Å². The van der Waals surface area contributed by atoms with Crippen molar-refractivity contribution in [2.24, 2.45) is 0 Å². The third-order valence-electron chi connectivity index (χ3n) is 5.09. The van der Waals surface area contributed by atoms with Gasteiger partial charge in [-0.3, -0.25) is 4.79 Å². The van der Waals surface area contributed by atoms with Crippen LogP contribution in [0.2, 0.25) is 0 Å². The SMILES string of the molecule is CCCCCCCCCCCCCC(O)=C1C(=O)CC(CCC)OC1=O. The molecule has 0 saturated carbocycles. The van der Waals surface area contributed by atoms with Gasteiger partial charge in [-0.25, -0.2) is 4.79 Å². The number of Topliss-reactive ketones (excluding diaryl/α,β-unsaturated/α-hetero) is 1. The van der Waals surface area contributed by atoms with Gasteiger partial charge in [0, 0.05) is 12.8 Å². The van der Waals surface area contributed by atoms with Crippen LogP contribution in [0.4, 0.5) is 0 Å². The first kappa shape index (κ1) is 22.7. The first-order valence-corrected chi connectivity index (χ1v) is 10.8. The topological polar surface area (TPSA) is 63.6 Å². The molecule has 1 N–H and O–H groups in total. The third-order valence-corrected chi connectivity index (χ3v) is 5.09. The summed E-state index contributed by atoms with van der Waals surface area (Å²) in [5.74, 6) is -0.980. The molecule has 1 unspecified atom stereocenters. The largest absolute Gasteiger partial charge is 0.511 e. The monoisotopic (exact) mass is 366 g/mol. The number of hydrogen-bond donors (Lipinski definition) is 1. The standard InChI is InChI=1S/C22H38O4/c1-3-5-6-7-8-9-10-11-12-13-14-16-19(23)21-20(24)17-18(15-4-2)26-22(21)25/h18,23H,3-17H2,1-2H3. The van der Waals surface area contributed by atoms with E-state index in [1.165, 1.54) is 51.4 Å². The summed E-state index contributed by atoms with van der Waals surface area (Å²) in [5, 5.41) is 10.1. The first-order chi connectivity index (χ1) is 12.6. The van der Waals surface area contributed by atoms with Crippen LogP contribution in [-0.2, 0) is 14.3 Å². The number of cyclic esters (lactones) is 1. The molecular weight excluding hydrogens is 328 g/mol. The van der Waals surface area contributed by atoms with Crippen molar-refractivity contribution in [2.45, 2.75) is 116 Å². The van der Waals surface area contributed by atoms with Crippen molar-refractivity contribution in [2.75, 3.05) is 0 Å². The molecular formula is C22H38O4. The molecule has 1 aliphatic heterocycles. The second-order valence-corrected chi connectivity index (χ2v) is 7.55. The molecule has 1 heterocycles. The lowest BCUT2D eigenvalue weighted by Gasteiger charge is -2.23. The van der Waals surface area contributed by atoms with Gasteiger partial charge in [-0.15, -0.1) is 0 Å². The van der Waals surface area contributed by atoms with Crippen molar-refractivity contribution in [3.05, 3.63) is 11.3 Å². The number of aliphatic hydroxyl groups is 1. The van der Waals surface area contributed by atoms with Crippen molar-refractivity contribution >= 4 is 11.8 Å². The minimum atomic E-state index is -0.639. The normalized spacial score (nSPS) is 19.5. The van der Waals surface area contributed by atoms with Gasteiger partial charge in [0.25, 0.3) is 0 Å². The van der Waals surface area contributed by atoms with E-state index in [0.717, 1.165) is 25.7 Å². The van der Waals surface area contributed by atoms with E-state index in [2.05, 4.69) is 6.92 Å². The molecule has 0 bridgehead atoms. The molecule has 4 nitrogen and oxygen atoms in total. The molecule has 0 aromatic carbocycles. The smallest absolute Gasteiger partial charge is 0.345 e. The fourth-order valence-electron chi connectivity index (χ4n) is 3.52. The summed E-state index contributed by atoms with van der Waals surface area (Å²) >= 11 is 0. The molecule has 1 rings (SSSR count). The molecule has 0 aliphatic carbocycles. The number of carbonyl (C=O) groups excluding carboxylic acids is 2. The van der Waals surface area contributed by atoms with Gasteiger partial charge in [0.1, 0.15) is 17.4 Å². The molecule has 1 aliphatic rings. The van der Waals surface area contributed by atoms with E-state index in [0.29, 0.717) is 12.8 Å². The minimum Gasteiger partial charge on any atom is -0.511 e. The van der Waals surface area contributed by atoms with Gasteiger partial charge in [0.15, 0.2) is 5.78 Å². The molecule has 0 amide bonds. The Labute approximate surface area is 159 Å². The van der Waals surface area contributed by atoms with Crippen LogP contribution in [0, 0.1) is 0 Å². The van der Waals surface area contributed by atoms with E-state index in [1.807, 2.05) is 6.92 Å². The van der Waals surface area contributed by atoms with Crippen LogP contribution in [0.15, 0.2) is 11.3 Å². The summed E-state index contributed by atoms with van der Waals surface area (Å²) in [7, 11) is 0. The summed E-state index contributed by atoms with van der Waals surface area (Å²) in [6, 6.07) is 0. The molecule has 150 valence electrons. The average molecular weight is 367 g/mol. The van der Waals surface area contributed by atoms with Gasteiger partial charge >= 0.3 is 5.97 Å². The Morgan fingerprint density at radius 3 is 1.92 bits per heavy atom. The van der Waals surface area contributed by atoms with Crippen molar-refractivity contribution in [3.63, 3.8) is 0 Å². The van der Waals surface area contributed by atoms with Gasteiger partial charge < -0.3 is 9.84 Å². The number of rotatable bonds is 14. The van der Waals surface area contributed by atoms with Crippen LogP contribution >= 0.6 is 0 Å². The maximum atomic E-state index is 12.1. The number of ether oxygens (including phenoxy) is 1. The Morgan fingerprint density at radius 2 is 1.42 bits per heavy atom. The number of allylic oxidation sites excluding steroid dienone is 1. The molecule has 4 heteroatoms. The molecule has 0 aromatic heterocycles. The first-order valence-electron chi connectivity index (χ1n) is 10.8. The number of esters is 1. The predicted octanol–water partition coefficient (Wildman–Crippen LogP) is 6.18. The van der Waals surface area contributed by atoms with Crippen LogP contribution in [0.1, 0.15) is 110 Å². The minimum absolute atomic E-state index is 0.0779. The maximum Gasteiger partial charge on any atom is 0.345 e. The summed E-state index contributed by atoms with van der Waals surface area (Å²) in [6.45, 7) is 4.23. The van der Waals surface area contributed by atoms with E-state index in [4.69, 9.17) is 4.74 Å². The molecule has 1 saturated heterocycles. The lowest BCUT2D eigenvalue weighted by Crippen LogP contribution is -2.33. The van der Waals surface area contributed by atoms with Gasteiger partial charge in [0.05, 0.1) is 0 Å². The predicted molar refractivity (Wildman–Crippen MR) is 105 cm³/mol. The summed E-state index contributed by atoms with van der Waals surface area (Å²) in [6.07, 6.45) is 15.4. The van der Waals surface area contributed by atoms with Gasteiger partial charge in [-0.1, -0.05) is 84.5 Å². The fourth-order valence-corrected chi connectivity index (χ4v) is 3.52. The Hall–Kier alpha value is -1.32. The zero-order valence-corrected chi connectivity index (χ0v) is 16.9. The highest BCUT2D eigenvalue weighted by Gasteiger charge is 2.34. The lowest BCUT2D eigenvalue weighted by molar-refractivity contribution is -0.151. The molecule has 0 radical (unpaired) electrons. The quantitative estimate of drug-likeness (QED) is 0.131. The van der Waals surface area contributed by atoms with Crippen molar-refractivity contribution in [1.29, 1.82) is 0 Å². The summed E-state index contributed by atoms with van der Waals surface area (Å²) in [5.41, 5.74) is -0.107. The maximum absolute atomic E-state index is 12.1. The van der Waals surface area contributed by atoms with Crippen molar-refractivity contribution in [3.8, 4) is 0 Å². The second kappa shape index (κ2) is 13.8. The number of unbranched alkanes of at least 4 members (excludes halogenated alkanes) is 10. The molecule has 0 aromatic rings. The number of ketones is 1. The van der Waals surface area contributed by atoms with Crippen LogP contribution in [0.25, 0.3) is 0 Å². The van der Waals surface area contributed by atoms with E-state index >= 15 is 0 Å². The number of carbonyl (C=O) groups is 2. The Bertz CT molecular complexity index is 433.